The van der Waals surface area contributed by atoms with Crippen LogP contribution in [0, 0.1) is 0 Å². The molecule has 1 amide bonds. The van der Waals surface area contributed by atoms with Crippen molar-refractivity contribution in [2.45, 2.75) is 12.5 Å². The van der Waals surface area contributed by atoms with Crippen LogP contribution < -0.4 is 20.5 Å². The quantitative estimate of drug-likeness (QED) is 0.334. The van der Waals surface area contributed by atoms with Crippen molar-refractivity contribution >= 4 is 23.3 Å². The first-order chi connectivity index (χ1) is 16.5. The summed E-state index contributed by atoms with van der Waals surface area (Å²) in [6.45, 7) is 11.5. The zero-order valence-electron chi connectivity index (χ0n) is 19.1. The van der Waals surface area contributed by atoms with E-state index in [1.807, 2.05) is 0 Å². The number of hydrogen-bond acceptors (Lipinski definition) is 9. The zero-order valence-corrected chi connectivity index (χ0v) is 19.1. The number of carbonyl (C=O) groups is 2. The van der Waals surface area contributed by atoms with Gasteiger partial charge in [0.25, 0.3) is 5.91 Å². The molecule has 2 aromatic heterocycles. The Bertz CT molecular complexity index is 951. The number of hydrogen-bond donors (Lipinski definition) is 2. The Balaban J connectivity index is 0.000000437. The van der Waals surface area contributed by atoms with Crippen LogP contribution in [-0.4, -0.2) is 54.9 Å². The number of carbonyl (C=O) groups excluding carboxylic acids is 2. The molecule has 2 aromatic rings. The summed E-state index contributed by atoms with van der Waals surface area (Å²) in [5.74, 6) is 0.0333. The lowest BCUT2D eigenvalue weighted by Gasteiger charge is -2.17. The van der Waals surface area contributed by atoms with Gasteiger partial charge in [-0.2, -0.15) is 0 Å². The predicted octanol–water partition coefficient (Wildman–Crippen LogP) is 2.95. The van der Waals surface area contributed by atoms with Crippen LogP contribution in [0.2, 0.25) is 0 Å². The highest BCUT2D eigenvalue weighted by Gasteiger charge is 2.24. The van der Waals surface area contributed by atoms with Gasteiger partial charge < -0.3 is 30.0 Å². The van der Waals surface area contributed by atoms with Gasteiger partial charge in [-0.25, -0.2) is 0 Å². The number of nitrogen functional groups attached to an aromatic ring is 1. The third-order valence-electron chi connectivity index (χ3n) is 3.85. The van der Waals surface area contributed by atoms with Crippen LogP contribution in [0.15, 0.2) is 74.9 Å². The molecular weight excluding hydrogens is 440 g/mol. The molecule has 0 aliphatic rings. The summed E-state index contributed by atoms with van der Waals surface area (Å²) in [6, 6.07) is 3.33. The smallest absolute Gasteiger partial charge is 0.308 e. The second-order valence-electron chi connectivity index (χ2n) is 6.36. The van der Waals surface area contributed by atoms with Gasteiger partial charge in [0.05, 0.1) is 38.2 Å². The van der Waals surface area contributed by atoms with E-state index in [9.17, 15) is 9.59 Å². The maximum atomic E-state index is 12.3. The number of nitrogens with zero attached hydrogens (tertiary/aromatic N) is 2. The SMILES string of the molecule is C=CCOc1ccncc1N.C=CCOc1ccncc1NC(=O)C(CC(=O)OC)OCC=C. The van der Waals surface area contributed by atoms with E-state index in [0.29, 0.717) is 29.5 Å². The molecule has 0 bridgehead atoms. The summed E-state index contributed by atoms with van der Waals surface area (Å²) < 4.78 is 20.5. The second kappa shape index (κ2) is 16.5. The Kier molecular flexibility index (Phi) is 13.5. The van der Waals surface area contributed by atoms with Crippen molar-refractivity contribution in [1.82, 2.24) is 9.97 Å². The van der Waals surface area contributed by atoms with Gasteiger partial charge in [-0.15, -0.1) is 6.58 Å². The number of esters is 1. The lowest BCUT2D eigenvalue weighted by atomic mass is 10.2. The third-order valence-corrected chi connectivity index (χ3v) is 3.85. The van der Waals surface area contributed by atoms with Crippen molar-refractivity contribution in [3.63, 3.8) is 0 Å². The highest BCUT2D eigenvalue weighted by atomic mass is 16.5. The molecular formula is C24H30N4O6. The van der Waals surface area contributed by atoms with E-state index in [4.69, 9.17) is 19.9 Å². The number of rotatable bonds is 13. The molecule has 0 saturated heterocycles. The number of pyridine rings is 2. The van der Waals surface area contributed by atoms with E-state index in [2.05, 4.69) is 39.8 Å². The van der Waals surface area contributed by atoms with Gasteiger partial charge in [-0.05, 0) is 0 Å². The summed E-state index contributed by atoms with van der Waals surface area (Å²) in [5, 5.41) is 2.63. The standard InChI is InChI=1S/C16H20N2O5.C8H10N2O/c1-4-8-22-13-6-7-17-11-12(13)18-16(20)14(23-9-5-2)10-15(19)21-3;1-2-5-11-8-3-4-10-6-7(8)9/h4-7,11,14H,1-2,8-10H2,3H3,(H,18,20);2-4,6H,1,5,9H2. The van der Waals surface area contributed by atoms with E-state index >= 15 is 0 Å². The molecule has 182 valence electrons. The van der Waals surface area contributed by atoms with Gasteiger partial charge in [0.15, 0.2) is 0 Å². The number of ether oxygens (including phenoxy) is 4. The third kappa shape index (κ3) is 10.4. The maximum absolute atomic E-state index is 12.3. The van der Waals surface area contributed by atoms with Crippen LogP contribution in [0.4, 0.5) is 11.4 Å². The summed E-state index contributed by atoms with van der Waals surface area (Å²) in [7, 11) is 1.24. The largest absolute Gasteiger partial charge is 0.487 e. The van der Waals surface area contributed by atoms with Gasteiger partial charge in [0, 0.05) is 24.5 Å². The molecule has 0 aliphatic carbocycles. The van der Waals surface area contributed by atoms with Gasteiger partial charge >= 0.3 is 5.97 Å². The van der Waals surface area contributed by atoms with E-state index in [1.54, 1.807) is 36.7 Å². The molecule has 2 heterocycles. The molecule has 0 spiro atoms. The van der Waals surface area contributed by atoms with E-state index < -0.39 is 18.0 Å². The summed E-state index contributed by atoms with van der Waals surface area (Å²) in [4.78, 5) is 31.5. The van der Waals surface area contributed by atoms with Crippen LogP contribution in [-0.2, 0) is 19.1 Å². The monoisotopic (exact) mass is 470 g/mol. The molecule has 0 saturated carbocycles. The Morgan fingerprint density at radius 3 is 2.18 bits per heavy atom. The lowest BCUT2D eigenvalue weighted by Crippen LogP contribution is -2.33. The normalized spacial score (nSPS) is 10.5. The van der Waals surface area contributed by atoms with Crippen LogP contribution in [0.1, 0.15) is 6.42 Å². The first kappa shape index (κ1) is 27.9. The van der Waals surface area contributed by atoms with E-state index in [-0.39, 0.29) is 19.6 Å². The topological polar surface area (TPSA) is 135 Å². The molecule has 3 N–H and O–H groups in total. The molecule has 0 aliphatic heterocycles. The number of aromatic nitrogens is 2. The van der Waals surface area contributed by atoms with Gasteiger partial charge in [-0.1, -0.05) is 31.4 Å². The van der Waals surface area contributed by atoms with Gasteiger partial charge in [-0.3, -0.25) is 19.6 Å². The van der Waals surface area contributed by atoms with Crippen molar-refractivity contribution in [2.75, 3.05) is 38.0 Å². The average Bonchev–Trinajstić information content (AvgIpc) is 2.85. The number of methoxy groups -OCH3 is 1. The first-order valence-corrected chi connectivity index (χ1v) is 10.2. The van der Waals surface area contributed by atoms with Crippen molar-refractivity contribution in [2.24, 2.45) is 0 Å². The second-order valence-corrected chi connectivity index (χ2v) is 6.36. The lowest BCUT2D eigenvalue weighted by molar-refractivity contribution is -0.147. The first-order valence-electron chi connectivity index (χ1n) is 10.2. The summed E-state index contributed by atoms with van der Waals surface area (Å²) in [5.41, 5.74) is 6.46. The van der Waals surface area contributed by atoms with Crippen LogP contribution >= 0.6 is 0 Å². The van der Waals surface area contributed by atoms with Crippen LogP contribution in [0.3, 0.4) is 0 Å². The van der Waals surface area contributed by atoms with Crippen molar-refractivity contribution in [3.05, 3.63) is 74.9 Å². The molecule has 0 aromatic carbocycles. The maximum Gasteiger partial charge on any atom is 0.308 e. The molecule has 34 heavy (non-hydrogen) atoms. The van der Waals surface area contributed by atoms with Crippen molar-refractivity contribution < 1.29 is 28.5 Å². The highest BCUT2D eigenvalue weighted by molar-refractivity contribution is 5.97. The highest BCUT2D eigenvalue weighted by Crippen LogP contribution is 2.23. The number of nitrogens with two attached hydrogens (primary N) is 1. The van der Waals surface area contributed by atoms with E-state index in [1.165, 1.54) is 25.6 Å². The number of amides is 1. The Morgan fingerprint density at radius 2 is 1.59 bits per heavy atom. The van der Waals surface area contributed by atoms with Crippen molar-refractivity contribution in [1.29, 1.82) is 0 Å². The van der Waals surface area contributed by atoms with E-state index in [0.717, 1.165) is 0 Å². The number of anilines is 2. The molecule has 2 rings (SSSR count). The molecule has 1 unspecified atom stereocenters. The minimum atomic E-state index is -1.01. The summed E-state index contributed by atoms with van der Waals surface area (Å²) in [6.07, 6.45) is 9.69. The minimum Gasteiger partial charge on any atom is -0.487 e. The fraction of sp³-hybridized carbons (Fsp3) is 0.250. The molecule has 0 fully saturated rings. The fourth-order valence-electron chi connectivity index (χ4n) is 2.28. The van der Waals surface area contributed by atoms with Gasteiger partial charge in [0.2, 0.25) is 0 Å². The Labute approximate surface area is 199 Å². The van der Waals surface area contributed by atoms with Crippen LogP contribution in [0.5, 0.6) is 11.5 Å². The van der Waals surface area contributed by atoms with Gasteiger partial charge in [0.1, 0.15) is 36.5 Å². The van der Waals surface area contributed by atoms with Crippen molar-refractivity contribution in [3.8, 4) is 11.5 Å². The zero-order chi connectivity index (χ0) is 25.2. The van der Waals surface area contributed by atoms with Crippen LogP contribution in [0.25, 0.3) is 0 Å². The number of nitrogens with one attached hydrogen (secondary N) is 1. The molecule has 0 radical (unpaired) electrons. The average molecular weight is 471 g/mol. The molecule has 1 atom stereocenters. The Morgan fingerprint density at radius 1 is 1.00 bits per heavy atom. The fourth-order valence-corrected chi connectivity index (χ4v) is 2.28. The molecule has 10 nitrogen and oxygen atoms in total. The molecule has 10 heteroatoms. The summed E-state index contributed by atoms with van der Waals surface area (Å²) >= 11 is 0. The minimum absolute atomic E-state index is 0.127. The Hall–Kier alpha value is -4.18. The predicted molar refractivity (Wildman–Crippen MR) is 129 cm³/mol.